The maximum atomic E-state index is 12.2. The molecule has 0 unspecified atom stereocenters. The Hall–Kier alpha value is -3.65. The van der Waals surface area contributed by atoms with Gasteiger partial charge >= 0.3 is 11.7 Å². The van der Waals surface area contributed by atoms with Crippen molar-refractivity contribution in [3.05, 3.63) is 85.0 Å². The van der Waals surface area contributed by atoms with E-state index < -0.39 is 23.1 Å². The molecular formula is C20H16ClN3O5. The minimum absolute atomic E-state index is 0.103. The maximum absolute atomic E-state index is 12.2. The summed E-state index contributed by atoms with van der Waals surface area (Å²) >= 11 is 5.97. The van der Waals surface area contributed by atoms with Crippen LogP contribution in [0, 0.1) is 6.92 Å². The lowest BCUT2D eigenvalue weighted by Crippen LogP contribution is -2.31. The van der Waals surface area contributed by atoms with Crippen LogP contribution in [0.2, 0.25) is 5.02 Å². The molecule has 0 aliphatic heterocycles. The molecule has 3 aromatic rings. The Balaban J connectivity index is 2.07. The Morgan fingerprint density at radius 1 is 1.21 bits per heavy atom. The third-order valence-corrected chi connectivity index (χ3v) is 4.44. The van der Waals surface area contributed by atoms with Crippen molar-refractivity contribution in [1.29, 1.82) is 0 Å². The molecule has 148 valence electrons. The molecular weight excluding hydrogens is 398 g/mol. The highest BCUT2D eigenvalue weighted by molar-refractivity contribution is 6.33. The molecule has 3 rings (SSSR count). The van der Waals surface area contributed by atoms with E-state index in [4.69, 9.17) is 11.6 Å². The normalized spacial score (nSPS) is 11.0. The quantitative estimate of drug-likeness (QED) is 0.504. The predicted octanol–water partition coefficient (Wildman–Crippen LogP) is 2.73. The van der Waals surface area contributed by atoms with Gasteiger partial charge in [0.25, 0.3) is 5.56 Å². The van der Waals surface area contributed by atoms with Gasteiger partial charge in [0.15, 0.2) is 0 Å². The highest BCUT2D eigenvalue weighted by atomic mass is 35.5. The number of aromatic amines is 1. The highest BCUT2D eigenvalue weighted by Gasteiger charge is 2.15. The smallest absolute Gasteiger partial charge is 0.339 e. The fourth-order valence-electron chi connectivity index (χ4n) is 2.59. The van der Waals surface area contributed by atoms with Crippen molar-refractivity contribution in [2.75, 3.05) is 7.11 Å². The van der Waals surface area contributed by atoms with E-state index in [1.54, 1.807) is 24.3 Å². The molecule has 9 heteroatoms. The second-order valence-electron chi connectivity index (χ2n) is 6.08. The summed E-state index contributed by atoms with van der Waals surface area (Å²) in [5.74, 6) is -1.20. The number of carbonyl (C=O) groups is 1. The number of nitrogens with zero attached hydrogens (tertiary/aromatic N) is 2. The van der Waals surface area contributed by atoms with E-state index in [1.165, 1.54) is 25.3 Å². The van der Waals surface area contributed by atoms with Crippen LogP contribution in [-0.2, 0) is 4.74 Å². The van der Waals surface area contributed by atoms with E-state index in [9.17, 15) is 19.5 Å². The number of ether oxygens (including phenoxy) is 1. The lowest BCUT2D eigenvalue weighted by molar-refractivity contribution is 0.0601. The van der Waals surface area contributed by atoms with Gasteiger partial charge in [0, 0.05) is 6.21 Å². The van der Waals surface area contributed by atoms with Crippen LogP contribution in [0.3, 0.4) is 0 Å². The van der Waals surface area contributed by atoms with Crippen LogP contribution in [0.5, 0.6) is 5.88 Å². The van der Waals surface area contributed by atoms with Crippen LogP contribution in [0.1, 0.15) is 21.5 Å². The van der Waals surface area contributed by atoms with Gasteiger partial charge in [-0.15, -0.1) is 0 Å². The van der Waals surface area contributed by atoms with Crippen molar-refractivity contribution < 1.29 is 14.6 Å². The number of rotatable bonds is 4. The number of H-pyrrole nitrogens is 1. The van der Waals surface area contributed by atoms with Crippen molar-refractivity contribution in [2.24, 2.45) is 4.99 Å². The van der Waals surface area contributed by atoms with Crippen molar-refractivity contribution in [2.45, 2.75) is 6.92 Å². The SMILES string of the molecule is COC(=O)c1cc(N=Cc2c(O)n(-c3ccc(C)cc3)c(=O)[nH]c2=O)ccc1Cl. The fourth-order valence-corrected chi connectivity index (χ4v) is 2.78. The Morgan fingerprint density at radius 3 is 2.55 bits per heavy atom. The third kappa shape index (κ3) is 4.12. The molecule has 0 saturated carbocycles. The summed E-state index contributed by atoms with van der Waals surface area (Å²) in [5, 5.41) is 10.7. The zero-order chi connectivity index (χ0) is 21.1. The minimum Gasteiger partial charge on any atom is -0.493 e. The van der Waals surface area contributed by atoms with Gasteiger partial charge in [0.1, 0.15) is 5.56 Å². The van der Waals surface area contributed by atoms with Gasteiger partial charge in [-0.2, -0.15) is 0 Å². The lowest BCUT2D eigenvalue weighted by Gasteiger charge is -2.09. The van der Waals surface area contributed by atoms with E-state index in [-0.39, 0.29) is 16.1 Å². The zero-order valence-corrected chi connectivity index (χ0v) is 16.2. The standard InChI is InChI=1S/C20H16ClN3O5/c1-11-3-6-13(7-4-11)24-18(26)15(17(25)23-20(24)28)10-22-12-5-8-16(21)14(9-12)19(27)29-2/h3-10,26H,1-2H3,(H,23,25,28). The molecule has 0 aliphatic rings. The average Bonchev–Trinajstić information content (AvgIpc) is 2.69. The summed E-state index contributed by atoms with van der Waals surface area (Å²) in [6.45, 7) is 1.88. The summed E-state index contributed by atoms with van der Waals surface area (Å²) in [6.07, 6.45) is 1.10. The summed E-state index contributed by atoms with van der Waals surface area (Å²) < 4.78 is 5.61. The van der Waals surface area contributed by atoms with Gasteiger partial charge in [-0.3, -0.25) is 14.8 Å². The molecule has 0 spiro atoms. The van der Waals surface area contributed by atoms with Gasteiger partial charge in [0.05, 0.1) is 29.1 Å². The Kier molecular flexibility index (Phi) is 5.65. The molecule has 0 aliphatic carbocycles. The number of aromatic nitrogens is 2. The molecule has 0 amide bonds. The van der Waals surface area contributed by atoms with Gasteiger partial charge in [0.2, 0.25) is 5.88 Å². The molecule has 0 atom stereocenters. The summed E-state index contributed by atoms with van der Waals surface area (Å²) in [5.41, 5.74) is -0.0668. The molecule has 1 heterocycles. The number of benzene rings is 2. The third-order valence-electron chi connectivity index (χ3n) is 4.11. The maximum Gasteiger partial charge on any atom is 0.339 e. The van der Waals surface area contributed by atoms with Crippen molar-refractivity contribution >= 4 is 29.5 Å². The van der Waals surface area contributed by atoms with Crippen LogP contribution in [-0.4, -0.2) is 34.0 Å². The first kappa shape index (κ1) is 20.1. The Morgan fingerprint density at radius 2 is 1.90 bits per heavy atom. The van der Waals surface area contributed by atoms with E-state index in [0.717, 1.165) is 16.3 Å². The largest absolute Gasteiger partial charge is 0.493 e. The average molecular weight is 414 g/mol. The van der Waals surface area contributed by atoms with E-state index in [2.05, 4.69) is 14.7 Å². The topological polar surface area (TPSA) is 114 Å². The summed E-state index contributed by atoms with van der Waals surface area (Å²) in [7, 11) is 1.22. The van der Waals surface area contributed by atoms with E-state index in [0.29, 0.717) is 11.4 Å². The van der Waals surface area contributed by atoms with Crippen LogP contribution in [0.4, 0.5) is 5.69 Å². The number of aromatic hydroxyl groups is 1. The van der Waals surface area contributed by atoms with Crippen LogP contribution in [0.25, 0.3) is 5.69 Å². The zero-order valence-electron chi connectivity index (χ0n) is 15.5. The van der Waals surface area contributed by atoms with E-state index >= 15 is 0 Å². The molecule has 2 N–H and O–H groups in total. The van der Waals surface area contributed by atoms with Crippen molar-refractivity contribution in [3.63, 3.8) is 0 Å². The van der Waals surface area contributed by atoms with Crippen LogP contribution in [0.15, 0.2) is 57.0 Å². The number of halogens is 1. The lowest BCUT2D eigenvalue weighted by atomic mass is 10.2. The molecule has 0 saturated heterocycles. The first-order chi connectivity index (χ1) is 13.8. The van der Waals surface area contributed by atoms with Gasteiger partial charge in [-0.1, -0.05) is 29.3 Å². The summed E-state index contributed by atoms with van der Waals surface area (Å²) in [4.78, 5) is 42.4. The number of methoxy groups -OCH3 is 1. The molecule has 2 aromatic carbocycles. The first-order valence-electron chi connectivity index (χ1n) is 8.39. The van der Waals surface area contributed by atoms with Crippen molar-refractivity contribution in [1.82, 2.24) is 9.55 Å². The minimum atomic E-state index is -0.804. The van der Waals surface area contributed by atoms with E-state index in [1.807, 2.05) is 6.92 Å². The van der Waals surface area contributed by atoms with Crippen molar-refractivity contribution in [3.8, 4) is 11.6 Å². The van der Waals surface area contributed by atoms with Crippen LogP contribution >= 0.6 is 11.6 Å². The second-order valence-corrected chi connectivity index (χ2v) is 6.49. The molecule has 0 fully saturated rings. The van der Waals surface area contributed by atoms with Crippen LogP contribution < -0.4 is 11.2 Å². The predicted molar refractivity (Wildman–Crippen MR) is 109 cm³/mol. The number of hydrogen-bond donors (Lipinski definition) is 2. The number of esters is 1. The fraction of sp³-hybridized carbons (Fsp3) is 0.100. The monoisotopic (exact) mass is 413 g/mol. The Bertz CT molecular complexity index is 1230. The highest BCUT2D eigenvalue weighted by Crippen LogP contribution is 2.23. The molecule has 0 bridgehead atoms. The molecule has 0 radical (unpaired) electrons. The van der Waals surface area contributed by atoms with Gasteiger partial charge < -0.3 is 9.84 Å². The second kappa shape index (κ2) is 8.15. The number of aryl methyl sites for hydroxylation is 1. The summed E-state index contributed by atoms with van der Waals surface area (Å²) in [6, 6.07) is 11.2. The van der Waals surface area contributed by atoms with Gasteiger partial charge in [-0.05, 0) is 37.3 Å². The van der Waals surface area contributed by atoms with Gasteiger partial charge in [-0.25, -0.2) is 14.2 Å². The molecule has 1 aromatic heterocycles. The molecule has 8 nitrogen and oxygen atoms in total. The first-order valence-corrected chi connectivity index (χ1v) is 8.77. The molecule has 29 heavy (non-hydrogen) atoms. The number of aliphatic imine (C=N–C) groups is 1. The number of hydrogen-bond acceptors (Lipinski definition) is 6. The number of carbonyl (C=O) groups excluding carboxylic acids is 1. The Labute approximate surface area is 169 Å². The number of nitrogens with one attached hydrogen (secondary N) is 1.